The molecule has 1 fully saturated rings. The molecule has 1 aliphatic heterocycles. The van der Waals surface area contributed by atoms with E-state index in [2.05, 4.69) is 34.4 Å². The van der Waals surface area contributed by atoms with Gasteiger partial charge >= 0.3 is 0 Å². The van der Waals surface area contributed by atoms with E-state index in [0.717, 1.165) is 18.8 Å². The Balaban J connectivity index is 2.13. The highest BCUT2D eigenvalue weighted by atomic mass is 16.5. The van der Waals surface area contributed by atoms with Crippen LogP contribution in [0.5, 0.6) is 0 Å². The lowest BCUT2D eigenvalue weighted by atomic mass is 9.95. The first-order chi connectivity index (χ1) is 7.64. The molecule has 1 aromatic heterocycles. The molecule has 1 aromatic rings. The summed E-state index contributed by atoms with van der Waals surface area (Å²) in [6.45, 7) is 5.04. The van der Waals surface area contributed by atoms with Crippen molar-refractivity contribution < 1.29 is 4.74 Å². The number of nitrogens with zero attached hydrogens (tertiary/aromatic N) is 2. The first-order valence-electron chi connectivity index (χ1n) is 5.54. The molecule has 88 valence electrons. The molecule has 0 aliphatic carbocycles. The molecule has 2 N–H and O–H groups in total. The van der Waals surface area contributed by atoms with Gasteiger partial charge < -0.3 is 15.4 Å². The minimum absolute atomic E-state index is 0.0423. The highest BCUT2D eigenvalue weighted by molar-refractivity contribution is 5.42. The molecule has 0 bridgehead atoms. The average Bonchev–Trinajstić information content (AvgIpc) is 2.59. The topological polar surface area (TPSA) is 59.1 Å². The van der Waals surface area contributed by atoms with Gasteiger partial charge in [-0.2, -0.15) is 4.98 Å². The van der Waals surface area contributed by atoms with Crippen molar-refractivity contribution in [2.75, 3.05) is 24.3 Å². The van der Waals surface area contributed by atoms with Crippen molar-refractivity contribution in [2.24, 2.45) is 0 Å². The molecule has 5 nitrogen and oxygen atoms in total. The number of aromatic nitrogens is 2. The second-order valence-electron chi connectivity index (χ2n) is 4.32. The quantitative estimate of drug-likeness (QED) is 0.811. The highest BCUT2D eigenvalue weighted by Crippen LogP contribution is 2.28. The fourth-order valence-electron chi connectivity index (χ4n) is 1.84. The molecule has 0 saturated carbocycles. The number of nitrogens with one attached hydrogen (secondary N) is 2. The zero-order valence-corrected chi connectivity index (χ0v) is 9.95. The monoisotopic (exact) mass is 222 g/mol. The van der Waals surface area contributed by atoms with E-state index in [1.165, 1.54) is 0 Å². The van der Waals surface area contributed by atoms with E-state index in [4.69, 9.17) is 4.74 Å². The van der Waals surface area contributed by atoms with Crippen LogP contribution in [0.4, 0.5) is 11.8 Å². The summed E-state index contributed by atoms with van der Waals surface area (Å²) in [7, 11) is 1.81. The molecular weight excluding hydrogens is 204 g/mol. The van der Waals surface area contributed by atoms with Gasteiger partial charge in [0.25, 0.3) is 0 Å². The zero-order chi connectivity index (χ0) is 11.6. The van der Waals surface area contributed by atoms with Gasteiger partial charge in [-0.3, -0.25) is 0 Å². The minimum Gasteiger partial charge on any atom is -0.376 e. The molecular formula is C11H18N4O. The first-order valence-corrected chi connectivity index (χ1v) is 5.54. The van der Waals surface area contributed by atoms with Gasteiger partial charge in [0.15, 0.2) is 0 Å². The molecule has 2 unspecified atom stereocenters. The summed E-state index contributed by atoms with van der Waals surface area (Å²) in [5.41, 5.74) is -0.0423. The Morgan fingerprint density at radius 2 is 2.38 bits per heavy atom. The minimum atomic E-state index is -0.0423. The van der Waals surface area contributed by atoms with Gasteiger partial charge in [0.1, 0.15) is 5.82 Å². The number of ether oxygens (including phenoxy) is 1. The third kappa shape index (κ3) is 2.09. The molecule has 16 heavy (non-hydrogen) atoms. The van der Waals surface area contributed by atoms with Gasteiger partial charge in [-0.1, -0.05) is 0 Å². The Morgan fingerprint density at radius 1 is 1.56 bits per heavy atom. The van der Waals surface area contributed by atoms with Gasteiger partial charge in [0.05, 0.1) is 11.6 Å². The van der Waals surface area contributed by atoms with E-state index in [0.29, 0.717) is 5.95 Å². The summed E-state index contributed by atoms with van der Waals surface area (Å²) in [6.07, 6.45) is 2.93. The highest BCUT2D eigenvalue weighted by Gasteiger charge is 2.37. The van der Waals surface area contributed by atoms with Crippen LogP contribution in [0, 0.1) is 0 Å². The number of rotatable bonds is 3. The van der Waals surface area contributed by atoms with Gasteiger partial charge in [-0.05, 0) is 26.3 Å². The van der Waals surface area contributed by atoms with Gasteiger partial charge in [-0.15, -0.1) is 0 Å². The van der Waals surface area contributed by atoms with Gasteiger partial charge in [-0.25, -0.2) is 4.98 Å². The van der Waals surface area contributed by atoms with Crippen LogP contribution in [0.25, 0.3) is 0 Å². The summed E-state index contributed by atoms with van der Waals surface area (Å²) in [6, 6.07) is 1.87. The van der Waals surface area contributed by atoms with E-state index in [1.54, 1.807) is 6.20 Å². The van der Waals surface area contributed by atoms with Crippen LogP contribution < -0.4 is 10.6 Å². The maximum absolute atomic E-state index is 5.58. The van der Waals surface area contributed by atoms with Crippen LogP contribution in [-0.4, -0.2) is 35.3 Å². The van der Waals surface area contributed by atoms with Crippen LogP contribution in [0.3, 0.4) is 0 Å². The maximum atomic E-state index is 5.58. The number of hydrogen-bond donors (Lipinski definition) is 2. The Labute approximate surface area is 95.6 Å². The van der Waals surface area contributed by atoms with Crippen molar-refractivity contribution in [3.8, 4) is 0 Å². The smallest absolute Gasteiger partial charge is 0.224 e. The predicted octanol–water partition coefficient (Wildman–Crippen LogP) is 1.50. The molecule has 0 amide bonds. The predicted molar refractivity (Wildman–Crippen MR) is 63.6 cm³/mol. The molecule has 1 aliphatic rings. The number of hydrogen-bond acceptors (Lipinski definition) is 5. The molecule has 2 atom stereocenters. The second kappa shape index (κ2) is 4.25. The molecule has 5 heteroatoms. The van der Waals surface area contributed by atoms with Crippen molar-refractivity contribution in [1.29, 1.82) is 0 Å². The molecule has 2 heterocycles. The van der Waals surface area contributed by atoms with Crippen molar-refractivity contribution in [3.63, 3.8) is 0 Å². The Hall–Kier alpha value is -1.36. The summed E-state index contributed by atoms with van der Waals surface area (Å²) < 4.78 is 5.58. The van der Waals surface area contributed by atoms with Crippen molar-refractivity contribution in [3.05, 3.63) is 12.3 Å². The lowest BCUT2D eigenvalue weighted by Crippen LogP contribution is -2.41. The summed E-state index contributed by atoms with van der Waals surface area (Å²) in [5, 5.41) is 6.35. The molecule has 0 aromatic carbocycles. The van der Waals surface area contributed by atoms with Crippen molar-refractivity contribution in [1.82, 2.24) is 9.97 Å². The second-order valence-corrected chi connectivity index (χ2v) is 4.32. The summed E-state index contributed by atoms with van der Waals surface area (Å²) >= 11 is 0. The lowest BCUT2D eigenvalue weighted by molar-refractivity contribution is 0.105. The zero-order valence-electron chi connectivity index (χ0n) is 9.95. The molecule has 1 saturated heterocycles. The Kier molecular flexibility index (Phi) is 2.96. The van der Waals surface area contributed by atoms with E-state index in [1.807, 2.05) is 13.1 Å². The average molecular weight is 222 g/mol. The van der Waals surface area contributed by atoms with E-state index >= 15 is 0 Å². The van der Waals surface area contributed by atoms with E-state index < -0.39 is 0 Å². The van der Waals surface area contributed by atoms with Crippen LogP contribution in [0.15, 0.2) is 12.3 Å². The van der Waals surface area contributed by atoms with Crippen LogP contribution in [0.2, 0.25) is 0 Å². The Bertz CT molecular complexity index is 371. The maximum Gasteiger partial charge on any atom is 0.224 e. The molecule has 2 rings (SSSR count). The first kappa shape index (κ1) is 11.1. The molecule has 0 radical (unpaired) electrons. The van der Waals surface area contributed by atoms with Gasteiger partial charge in [0, 0.05) is 19.9 Å². The summed E-state index contributed by atoms with van der Waals surface area (Å²) in [5.74, 6) is 1.46. The van der Waals surface area contributed by atoms with Gasteiger partial charge in [0.2, 0.25) is 5.95 Å². The fraction of sp³-hybridized carbons (Fsp3) is 0.636. The van der Waals surface area contributed by atoms with Crippen molar-refractivity contribution in [2.45, 2.75) is 31.9 Å². The third-order valence-corrected chi connectivity index (χ3v) is 3.18. The van der Waals surface area contributed by atoms with E-state index in [9.17, 15) is 0 Å². The van der Waals surface area contributed by atoms with E-state index in [-0.39, 0.29) is 11.6 Å². The summed E-state index contributed by atoms with van der Waals surface area (Å²) in [4.78, 5) is 8.43. The SMILES string of the molecule is CNc1nccc(NC2(C)CCOC2C)n1. The van der Waals surface area contributed by atoms with Crippen molar-refractivity contribution >= 4 is 11.8 Å². The van der Waals surface area contributed by atoms with Crippen LogP contribution in [0.1, 0.15) is 20.3 Å². The normalized spacial score (nSPS) is 29.1. The number of anilines is 2. The van der Waals surface area contributed by atoms with Crippen LogP contribution in [-0.2, 0) is 4.74 Å². The standard InChI is InChI=1S/C11H18N4O/c1-8-11(2,5-7-16-8)15-9-4-6-13-10(12-3)14-9/h4,6,8H,5,7H2,1-3H3,(H2,12,13,14,15). The fourth-order valence-corrected chi connectivity index (χ4v) is 1.84. The van der Waals surface area contributed by atoms with Crippen LogP contribution >= 0.6 is 0 Å². The molecule has 0 spiro atoms. The largest absolute Gasteiger partial charge is 0.376 e. The lowest BCUT2D eigenvalue weighted by Gasteiger charge is -2.29. The third-order valence-electron chi connectivity index (χ3n) is 3.18. The Morgan fingerprint density at radius 3 is 3.00 bits per heavy atom.